The highest BCUT2D eigenvalue weighted by atomic mass is 32.2. The van der Waals surface area contributed by atoms with Gasteiger partial charge < -0.3 is 5.32 Å². The molecule has 1 N–H and O–H groups in total. The molecule has 3 rings (SSSR count). The van der Waals surface area contributed by atoms with Crippen LogP contribution in [0.25, 0.3) is 0 Å². The van der Waals surface area contributed by atoms with Crippen molar-refractivity contribution in [1.82, 2.24) is 19.4 Å². The molecule has 2 aromatic rings. The molecule has 1 amide bonds. The summed E-state index contributed by atoms with van der Waals surface area (Å²) in [6.07, 6.45) is 0. The predicted octanol–water partition coefficient (Wildman–Crippen LogP) is 1.14. The van der Waals surface area contributed by atoms with E-state index in [1.54, 1.807) is 10.7 Å². The van der Waals surface area contributed by atoms with Gasteiger partial charge >= 0.3 is 0 Å². The first kappa shape index (κ1) is 18.4. The van der Waals surface area contributed by atoms with Crippen LogP contribution in [0.3, 0.4) is 0 Å². The molecule has 0 radical (unpaired) electrons. The minimum Gasteiger partial charge on any atom is -0.351 e. The highest BCUT2D eigenvalue weighted by Crippen LogP contribution is 2.26. The van der Waals surface area contributed by atoms with Gasteiger partial charge in [0.2, 0.25) is 15.9 Å². The van der Waals surface area contributed by atoms with Crippen molar-refractivity contribution in [3.8, 4) is 0 Å². The Morgan fingerprint density at radius 2 is 1.96 bits per heavy atom. The number of hydrogen-bond acceptors (Lipinski definition) is 4. The zero-order valence-electron chi connectivity index (χ0n) is 13.7. The Balaban J connectivity index is 1.86. The molecule has 0 bridgehead atoms. The second-order valence-corrected chi connectivity index (χ2v) is 7.68. The summed E-state index contributed by atoms with van der Waals surface area (Å²) >= 11 is 0. The van der Waals surface area contributed by atoms with Gasteiger partial charge in [-0.2, -0.15) is 9.40 Å². The number of aromatic nitrogens is 2. The molecule has 0 saturated carbocycles. The first-order chi connectivity index (χ1) is 12.2. The third-order valence-electron chi connectivity index (χ3n) is 3.95. The summed E-state index contributed by atoms with van der Waals surface area (Å²) in [4.78, 5) is 10.0. The fraction of sp³-hybridized carbons (Fsp3) is 0.333. The Bertz CT molecular complexity index is 975. The van der Waals surface area contributed by atoms with Crippen LogP contribution in [-0.2, 0) is 34.5 Å². The number of carbonyl (C=O) groups excluding carboxylic acids is 1. The summed E-state index contributed by atoms with van der Waals surface area (Å²) < 4.78 is 68.2. The summed E-state index contributed by atoms with van der Waals surface area (Å²) in [5.74, 6) is -5.25. The number of sulfonamides is 1. The highest BCUT2D eigenvalue weighted by Gasteiger charge is 2.33. The molecule has 0 unspecified atom stereocenters. The van der Waals surface area contributed by atoms with Crippen LogP contribution in [0.2, 0.25) is 0 Å². The average Bonchev–Trinajstić information content (AvgIpc) is 2.99. The van der Waals surface area contributed by atoms with Gasteiger partial charge in [-0.15, -0.1) is 0 Å². The van der Waals surface area contributed by atoms with Crippen LogP contribution in [0.5, 0.6) is 0 Å². The molecule has 2 heterocycles. The van der Waals surface area contributed by atoms with Crippen LogP contribution in [0, 0.1) is 17.5 Å². The van der Waals surface area contributed by atoms with Crippen LogP contribution in [0.15, 0.2) is 23.1 Å². The molecule has 1 aliphatic heterocycles. The fourth-order valence-electron chi connectivity index (χ4n) is 2.65. The maximum absolute atomic E-state index is 13.9. The van der Waals surface area contributed by atoms with Gasteiger partial charge in [0.1, 0.15) is 4.90 Å². The number of nitrogens with one attached hydrogen (secondary N) is 1. The van der Waals surface area contributed by atoms with Crippen LogP contribution < -0.4 is 5.32 Å². The fourth-order valence-corrected chi connectivity index (χ4v) is 4.11. The Labute approximate surface area is 147 Å². The quantitative estimate of drug-likeness (QED) is 0.797. The van der Waals surface area contributed by atoms with E-state index in [1.165, 1.54) is 6.92 Å². The molecule has 0 fully saturated rings. The zero-order valence-corrected chi connectivity index (χ0v) is 14.5. The summed E-state index contributed by atoms with van der Waals surface area (Å²) in [5.41, 5.74) is 1.09. The normalized spacial score (nSPS) is 14.9. The van der Waals surface area contributed by atoms with Crippen LogP contribution >= 0.6 is 0 Å². The van der Waals surface area contributed by atoms with Gasteiger partial charge in [0.15, 0.2) is 17.5 Å². The standard InChI is InChI=1S/C15H15F3N4O3S/c1-9(23)19-7-10-6-11-8-21(4-5-22(11)20-10)26(24,25)13-3-2-12(16)14(17)15(13)18/h2-3,6H,4-5,7-8H2,1H3,(H,19,23). The van der Waals surface area contributed by atoms with Gasteiger partial charge in [0.05, 0.1) is 31.0 Å². The van der Waals surface area contributed by atoms with Gasteiger partial charge in [-0.3, -0.25) is 9.48 Å². The average molecular weight is 388 g/mol. The topological polar surface area (TPSA) is 84.3 Å². The van der Waals surface area contributed by atoms with Gasteiger partial charge in [-0.1, -0.05) is 0 Å². The lowest BCUT2D eigenvalue weighted by Gasteiger charge is -2.27. The van der Waals surface area contributed by atoms with Crippen LogP contribution in [0.4, 0.5) is 13.2 Å². The smallest absolute Gasteiger partial charge is 0.246 e. The van der Waals surface area contributed by atoms with Crippen molar-refractivity contribution in [2.75, 3.05) is 6.54 Å². The highest BCUT2D eigenvalue weighted by molar-refractivity contribution is 7.89. The van der Waals surface area contributed by atoms with Crippen LogP contribution in [0.1, 0.15) is 18.3 Å². The molecule has 1 aliphatic rings. The number of amides is 1. The van der Waals surface area contributed by atoms with E-state index in [1.807, 2.05) is 0 Å². The van der Waals surface area contributed by atoms with Crippen molar-refractivity contribution in [1.29, 1.82) is 0 Å². The molecule has 26 heavy (non-hydrogen) atoms. The second-order valence-electron chi connectivity index (χ2n) is 5.77. The Kier molecular flexibility index (Phi) is 4.76. The van der Waals surface area contributed by atoms with Crippen molar-refractivity contribution >= 4 is 15.9 Å². The van der Waals surface area contributed by atoms with Crippen LogP contribution in [-0.4, -0.2) is 35.0 Å². The van der Waals surface area contributed by atoms with E-state index in [0.717, 1.165) is 4.31 Å². The van der Waals surface area contributed by atoms with Gasteiger partial charge in [-0.25, -0.2) is 21.6 Å². The van der Waals surface area contributed by atoms with Crippen molar-refractivity contribution in [3.63, 3.8) is 0 Å². The number of carbonyl (C=O) groups is 1. The monoisotopic (exact) mass is 388 g/mol. The summed E-state index contributed by atoms with van der Waals surface area (Å²) in [6, 6.07) is 2.90. The molecule has 0 saturated heterocycles. The molecule has 0 aliphatic carbocycles. The zero-order chi connectivity index (χ0) is 19.1. The molecule has 7 nitrogen and oxygen atoms in total. The molecule has 0 spiro atoms. The molecule has 11 heteroatoms. The number of rotatable bonds is 4. The Morgan fingerprint density at radius 1 is 1.23 bits per heavy atom. The van der Waals surface area contributed by atoms with Crippen molar-refractivity contribution in [2.45, 2.75) is 31.5 Å². The van der Waals surface area contributed by atoms with Gasteiger partial charge in [0.25, 0.3) is 0 Å². The summed E-state index contributed by atoms with van der Waals surface area (Å²) in [7, 11) is -4.35. The van der Waals surface area contributed by atoms with Gasteiger partial charge in [0, 0.05) is 13.5 Å². The lowest BCUT2D eigenvalue weighted by molar-refractivity contribution is -0.119. The first-order valence-corrected chi connectivity index (χ1v) is 9.08. The maximum Gasteiger partial charge on any atom is 0.246 e. The molecule has 1 aromatic heterocycles. The number of nitrogens with zero attached hydrogens (tertiary/aromatic N) is 3. The Hall–Kier alpha value is -2.40. The third-order valence-corrected chi connectivity index (χ3v) is 5.81. The predicted molar refractivity (Wildman–Crippen MR) is 83.7 cm³/mol. The minimum absolute atomic E-state index is 0.00493. The van der Waals surface area contributed by atoms with E-state index in [9.17, 15) is 26.4 Å². The van der Waals surface area contributed by atoms with Crippen molar-refractivity contribution in [3.05, 3.63) is 47.0 Å². The minimum atomic E-state index is -4.35. The number of benzene rings is 1. The molecule has 140 valence electrons. The largest absolute Gasteiger partial charge is 0.351 e. The molecule has 1 aromatic carbocycles. The van der Waals surface area contributed by atoms with E-state index < -0.39 is 32.4 Å². The van der Waals surface area contributed by atoms with E-state index in [2.05, 4.69) is 10.4 Å². The summed E-state index contributed by atoms with van der Waals surface area (Å²) in [6.45, 7) is 1.66. The van der Waals surface area contributed by atoms with E-state index in [0.29, 0.717) is 23.5 Å². The SMILES string of the molecule is CC(=O)NCc1cc2n(n1)CCN(S(=O)(=O)c1ccc(F)c(F)c1F)C2. The van der Waals surface area contributed by atoms with Crippen molar-refractivity contribution < 1.29 is 26.4 Å². The lowest BCUT2D eigenvalue weighted by atomic mass is 10.3. The maximum atomic E-state index is 13.9. The molecular formula is C15H15F3N4O3S. The number of hydrogen-bond donors (Lipinski definition) is 1. The first-order valence-electron chi connectivity index (χ1n) is 7.64. The lowest BCUT2D eigenvalue weighted by Crippen LogP contribution is -2.38. The molecule has 0 atom stereocenters. The van der Waals surface area contributed by atoms with Crippen molar-refractivity contribution in [2.24, 2.45) is 0 Å². The summed E-state index contributed by atoms with van der Waals surface area (Å²) in [5, 5.41) is 6.84. The second kappa shape index (κ2) is 6.72. The third kappa shape index (κ3) is 3.31. The van der Waals surface area contributed by atoms with E-state index >= 15 is 0 Å². The number of halogens is 3. The molecular weight excluding hydrogens is 373 g/mol. The van der Waals surface area contributed by atoms with E-state index in [4.69, 9.17) is 0 Å². The van der Waals surface area contributed by atoms with Gasteiger partial charge in [-0.05, 0) is 18.2 Å². The number of fused-ring (bicyclic) bond motifs is 1. The Morgan fingerprint density at radius 3 is 2.65 bits per heavy atom. The van der Waals surface area contributed by atoms with E-state index in [-0.39, 0.29) is 32.1 Å².